The Hall–Kier alpha value is -2.18. The standard InChI is InChI=1S/C12H14FNO5/c1-6(2)11(12(15)16)19-10-4-7(3)9(14(17)18)5-8(10)13/h4-6,11H,1-3H3,(H,15,16). The van der Waals surface area contributed by atoms with E-state index in [-0.39, 0.29) is 22.9 Å². The van der Waals surface area contributed by atoms with Crippen LogP contribution in [0.1, 0.15) is 19.4 Å². The maximum absolute atomic E-state index is 13.7. The molecule has 1 N–H and O–H groups in total. The summed E-state index contributed by atoms with van der Waals surface area (Å²) in [6.45, 7) is 4.67. The molecule has 1 aromatic carbocycles. The molecular weight excluding hydrogens is 257 g/mol. The monoisotopic (exact) mass is 271 g/mol. The Morgan fingerprint density at radius 2 is 2.05 bits per heavy atom. The van der Waals surface area contributed by atoms with Gasteiger partial charge in [0.15, 0.2) is 17.7 Å². The van der Waals surface area contributed by atoms with Crippen LogP contribution in [0.25, 0.3) is 0 Å². The van der Waals surface area contributed by atoms with Crippen molar-refractivity contribution >= 4 is 11.7 Å². The molecule has 1 atom stereocenters. The molecule has 1 aromatic rings. The van der Waals surface area contributed by atoms with Crippen LogP contribution in [0.2, 0.25) is 0 Å². The van der Waals surface area contributed by atoms with Gasteiger partial charge in [0.05, 0.1) is 11.0 Å². The highest BCUT2D eigenvalue weighted by atomic mass is 19.1. The van der Waals surface area contributed by atoms with Gasteiger partial charge in [-0.25, -0.2) is 9.18 Å². The second-order valence-corrected chi connectivity index (χ2v) is 4.45. The largest absolute Gasteiger partial charge is 0.478 e. The molecule has 104 valence electrons. The zero-order valence-electron chi connectivity index (χ0n) is 10.7. The second kappa shape index (κ2) is 5.64. The van der Waals surface area contributed by atoms with Crippen molar-refractivity contribution in [2.75, 3.05) is 0 Å². The molecule has 1 rings (SSSR count). The molecule has 0 aliphatic heterocycles. The first kappa shape index (κ1) is 14.9. The smallest absolute Gasteiger partial charge is 0.345 e. The normalized spacial score (nSPS) is 12.3. The predicted octanol–water partition coefficient (Wildman–Crippen LogP) is 2.53. The molecule has 0 amide bonds. The van der Waals surface area contributed by atoms with E-state index in [0.29, 0.717) is 0 Å². The van der Waals surface area contributed by atoms with Gasteiger partial charge in [-0.1, -0.05) is 13.8 Å². The van der Waals surface area contributed by atoms with E-state index in [4.69, 9.17) is 9.84 Å². The van der Waals surface area contributed by atoms with Gasteiger partial charge in [0, 0.05) is 11.5 Å². The molecule has 0 aliphatic rings. The van der Waals surface area contributed by atoms with Gasteiger partial charge in [0.2, 0.25) is 0 Å². The van der Waals surface area contributed by atoms with E-state index in [1.54, 1.807) is 13.8 Å². The fraction of sp³-hybridized carbons (Fsp3) is 0.417. The topological polar surface area (TPSA) is 89.7 Å². The molecule has 0 bridgehead atoms. The van der Waals surface area contributed by atoms with E-state index in [1.165, 1.54) is 6.92 Å². The number of carboxylic acid groups (broad SMARTS) is 1. The van der Waals surface area contributed by atoms with Crippen molar-refractivity contribution in [1.29, 1.82) is 0 Å². The number of aliphatic carboxylic acids is 1. The highest BCUT2D eigenvalue weighted by molar-refractivity contribution is 5.73. The maximum atomic E-state index is 13.7. The van der Waals surface area contributed by atoms with Gasteiger partial charge in [-0.05, 0) is 13.0 Å². The quantitative estimate of drug-likeness (QED) is 0.656. The second-order valence-electron chi connectivity index (χ2n) is 4.45. The molecule has 0 saturated carbocycles. The van der Waals surface area contributed by atoms with Gasteiger partial charge >= 0.3 is 5.97 Å². The Labute approximate surface area is 109 Å². The molecule has 7 heteroatoms. The van der Waals surface area contributed by atoms with Crippen molar-refractivity contribution in [2.24, 2.45) is 5.92 Å². The van der Waals surface area contributed by atoms with Gasteiger partial charge in [-0.15, -0.1) is 0 Å². The van der Waals surface area contributed by atoms with Gasteiger partial charge in [-0.2, -0.15) is 0 Å². The summed E-state index contributed by atoms with van der Waals surface area (Å²) in [6, 6.07) is 1.86. The van der Waals surface area contributed by atoms with Crippen LogP contribution in [0.4, 0.5) is 10.1 Å². The predicted molar refractivity (Wildman–Crippen MR) is 64.7 cm³/mol. The van der Waals surface area contributed by atoms with E-state index in [0.717, 1.165) is 12.1 Å². The molecule has 0 saturated heterocycles. The number of ether oxygens (including phenoxy) is 1. The lowest BCUT2D eigenvalue weighted by Gasteiger charge is -2.18. The summed E-state index contributed by atoms with van der Waals surface area (Å²) in [5.74, 6) is -2.84. The number of aryl methyl sites for hydroxylation is 1. The molecule has 0 heterocycles. The Balaban J connectivity index is 3.12. The zero-order valence-corrected chi connectivity index (χ0v) is 10.7. The molecule has 0 aliphatic carbocycles. The zero-order chi connectivity index (χ0) is 14.7. The number of nitro benzene ring substituents is 1. The first-order valence-electron chi connectivity index (χ1n) is 5.58. The lowest BCUT2D eigenvalue weighted by atomic mass is 10.1. The summed E-state index contributed by atoms with van der Waals surface area (Å²) in [5, 5.41) is 19.6. The van der Waals surface area contributed by atoms with E-state index in [2.05, 4.69) is 0 Å². The van der Waals surface area contributed by atoms with E-state index in [1.807, 2.05) is 0 Å². The number of rotatable bonds is 5. The number of benzene rings is 1. The van der Waals surface area contributed by atoms with Gasteiger partial charge < -0.3 is 9.84 Å². The minimum Gasteiger partial charge on any atom is -0.478 e. The molecular formula is C12H14FNO5. The highest BCUT2D eigenvalue weighted by Crippen LogP contribution is 2.28. The van der Waals surface area contributed by atoms with Crippen LogP contribution in [0, 0.1) is 28.8 Å². The van der Waals surface area contributed by atoms with Gasteiger partial charge in [-0.3, -0.25) is 10.1 Å². The SMILES string of the molecule is Cc1cc(OC(C(=O)O)C(C)C)c(F)cc1[N+](=O)[O-]. The van der Waals surface area contributed by atoms with Gasteiger partial charge in [0.25, 0.3) is 5.69 Å². The fourth-order valence-corrected chi connectivity index (χ4v) is 1.54. The van der Waals surface area contributed by atoms with E-state index < -0.39 is 22.8 Å². The summed E-state index contributed by atoms with van der Waals surface area (Å²) in [7, 11) is 0. The first-order chi connectivity index (χ1) is 8.73. The van der Waals surface area contributed by atoms with Crippen molar-refractivity contribution in [2.45, 2.75) is 26.9 Å². The lowest BCUT2D eigenvalue weighted by molar-refractivity contribution is -0.385. The van der Waals surface area contributed by atoms with E-state index in [9.17, 15) is 19.3 Å². The van der Waals surface area contributed by atoms with Crippen LogP contribution >= 0.6 is 0 Å². The Bertz CT molecular complexity index is 515. The van der Waals surface area contributed by atoms with Crippen molar-refractivity contribution in [3.63, 3.8) is 0 Å². The summed E-state index contributed by atoms with van der Waals surface area (Å²) < 4.78 is 18.7. The molecule has 1 unspecified atom stereocenters. The van der Waals surface area contributed by atoms with Crippen molar-refractivity contribution < 1.29 is 24.0 Å². The van der Waals surface area contributed by atoms with Crippen LogP contribution in [0.5, 0.6) is 5.75 Å². The maximum Gasteiger partial charge on any atom is 0.345 e. The number of nitro groups is 1. The summed E-state index contributed by atoms with van der Waals surface area (Å²) >= 11 is 0. The first-order valence-corrected chi connectivity index (χ1v) is 5.58. The number of carbonyl (C=O) groups is 1. The third-order valence-electron chi connectivity index (χ3n) is 2.55. The number of hydrogen-bond acceptors (Lipinski definition) is 4. The van der Waals surface area contributed by atoms with Crippen LogP contribution in [0.15, 0.2) is 12.1 Å². The molecule has 6 nitrogen and oxygen atoms in total. The van der Waals surface area contributed by atoms with E-state index >= 15 is 0 Å². The Morgan fingerprint density at radius 1 is 1.47 bits per heavy atom. The average molecular weight is 271 g/mol. The molecule has 0 aromatic heterocycles. The Morgan fingerprint density at radius 3 is 2.47 bits per heavy atom. The number of carboxylic acids is 1. The van der Waals surface area contributed by atoms with Crippen LogP contribution in [0.3, 0.4) is 0 Å². The van der Waals surface area contributed by atoms with Crippen LogP contribution < -0.4 is 4.74 Å². The van der Waals surface area contributed by atoms with Crippen LogP contribution in [-0.2, 0) is 4.79 Å². The van der Waals surface area contributed by atoms with Crippen molar-refractivity contribution in [1.82, 2.24) is 0 Å². The molecule has 0 spiro atoms. The average Bonchev–Trinajstić information content (AvgIpc) is 2.28. The Kier molecular flexibility index (Phi) is 4.42. The summed E-state index contributed by atoms with van der Waals surface area (Å²) in [5.41, 5.74) is -0.171. The molecule has 0 fully saturated rings. The molecule has 19 heavy (non-hydrogen) atoms. The number of halogens is 1. The van der Waals surface area contributed by atoms with Crippen molar-refractivity contribution in [3.05, 3.63) is 33.6 Å². The third kappa shape index (κ3) is 3.40. The lowest BCUT2D eigenvalue weighted by Crippen LogP contribution is -2.32. The molecule has 0 radical (unpaired) electrons. The minimum absolute atomic E-state index is 0.203. The minimum atomic E-state index is -1.22. The third-order valence-corrected chi connectivity index (χ3v) is 2.55. The van der Waals surface area contributed by atoms with Crippen LogP contribution in [-0.4, -0.2) is 22.1 Å². The van der Waals surface area contributed by atoms with Crippen molar-refractivity contribution in [3.8, 4) is 5.75 Å². The number of hydrogen-bond donors (Lipinski definition) is 1. The fourth-order valence-electron chi connectivity index (χ4n) is 1.54. The highest BCUT2D eigenvalue weighted by Gasteiger charge is 2.26. The van der Waals surface area contributed by atoms with Gasteiger partial charge in [0.1, 0.15) is 0 Å². The summed E-state index contributed by atoms with van der Waals surface area (Å²) in [6.07, 6.45) is -1.21. The number of nitrogens with zero attached hydrogens (tertiary/aromatic N) is 1. The summed E-state index contributed by atoms with van der Waals surface area (Å²) in [4.78, 5) is 20.9.